The Morgan fingerprint density at radius 3 is 2.77 bits per heavy atom. The van der Waals surface area contributed by atoms with Gasteiger partial charge in [0.2, 0.25) is 0 Å². The highest BCUT2D eigenvalue weighted by Crippen LogP contribution is 2.25. The molecule has 1 aliphatic rings. The van der Waals surface area contributed by atoms with E-state index in [0.29, 0.717) is 36.7 Å². The summed E-state index contributed by atoms with van der Waals surface area (Å²) in [6.45, 7) is 2.25. The number of benzene rings is 1. The molecule has 0 spiro atoms. The maximum atomic E-state index is 12.6. The number of H-pyrrole nitrogens is 1. The van der Waals surface area contributed by atoms with Gasteiger partial charge in [0.25, 0.3) is 10.6 Å². The third-order valence-corrected chi connectivity index (χ3v) is 4.84. The summed E-state index contributed by atoms with van der Waals surface area (Å²) in [5.74, 6) is -0.0856. The van der Waals surface area contributed by atoms with Crippen molar-refractivity contribution < 1.29 is 9.53 Å². The third kappa shape index (κ3) is 2.12. The number of nitrogens with zero attached hydrogens (tertiary/aromatic N) is 1. The molecule has 22 heavy (non-hydrogen) atoms. The molecule has 0 aliphatic carbocycles. The van der Waals surface area contributed by atoms with E-state index in [1.807, 2.05) is 30.3 Å². The molecule has 0 saturated carbocycles. The highest BCUT2D eigenvalue weighted by Gasteiger charge is 2.21. The van der Waals surface area contributed by atoms with Gasteiger partial charge in [0, 0.05) is 29.4 Å². The molecular formula is C16H14N2O3S. The second-order valence-corrected chi connectivity index (χ2v) is 6.28. The van der Waals surface area contributed by atoms with Crippen LogP contribution in [0, 0.1) is 0 Å². The van der Waals surface area contributed by atoms with Crippen LogP contribution in [-0.2, 0) is 4.74 Å². The zero-order valence-corrected chi connectivity index (χ0v) is 12.6. The summed E-state index contributed by atoms with van der Waals surface area (Å²) in [6, 6.07) is 9.58. The van der Waals surface area contributed by atoms with Gasteiger partial charge in [-0.2, -0.15) is 0 Å². The van der Waals surface area contributed by atoms with Gasteiger partial charge in [0.1, 0.15) is 5.52 Å². The summed E-state index contributed by atoms with van der Waals surface area (Å²) in [5, 5.41) is 1.79. The van der Waals surface area contributed by atoms with Crippen molar-refractivity contribution in [2.75, 3.05) is 26.3 Å². The number of aromatic amines is 1. The number of fused-ring (bicyclic) bond motifs is 3. The lowest BCUT2D eigenvalue weighted by molar-refractivity contribution is 0.0306. The van der Waals surface area contributed by atoms with Gasteiger partial charge in [-0.3, -0.25) is 9.59 Å². The quantitative estimate of drug-likeness (QED) is 0.749. The Labute approximate surface area is 130 Å². The van der Waals surface area contributed by atoms with E-state index < -0.39 is 0 Å². The van der Waals surface area contributed by atoms with Crippen LogP contribution in [0.25, 0.3) is 21.8 Å². The van der Waals surface area contributed by atoms with Crippen LogP contribution in [0.1, 0.15) is 9.67 Å². The Kier molecular flexibility index (Phi) is 3.20. The van der Waals surface area contributed by atoms with Gasteiger partial charge in [0.15, 0.2) is 0 Å². The SMILES string of the molecule is O=C(c1cc2c([nH]c3ccccc32)c(=O)s1)N1CCOCC1. The van der Waals surface area contributed by atoms with E-state index in [1.54, 1.807) is 4.90 Å². The summed E-state index contributed by atoms with van der Waals surface area (Å²) in [7, 11) is 0. The maximum Gasteiger partial charge on any atom is 0.264 e. The van der Waals surface area contributed by atoms with Crippen molar-refractivity contribution in [2.24, 2.45) is 0 Å². The molecule has 3 aromatic rings. The second kappa shape index (κ2) is 5.23. The van der Waals surface area contributed by atoms with Gasteiger partial charge in [-0.25, -0.2) is 0 Å². The molecular weight excluding hydrogens is 300 g/mol. The first-order valence-electron chi connectivity index (χ1n) is 7.15. The van der Waals surface area contributed by atoms with Crippen LogP contribution in [-0.4, -0.2) is 42.1 Å². The monoisotopic (exact) mass is 314 g/mol. The topological polar surface area (TPSA) is 62.4 Å². The number of aromatic nitrogens is 1. The highest BCUT2D eigenvalue weighted by molar-refractivity contribution is 7.12. The lowest BCUT2D eigenvalue weighted by Crippen LogP contribution is -2.40. The first-order chi connectivity index (χ1) is 10.7. The first kappa shape index (κ1) is 13.5. The Morgan fingerprint density at radius 2 is 1.95 bits per heavy atom. The summed E-state index contributed by atoms with van der Waals surface area (Å²) < 4.78 is 5.16. The Bertz CT molecular complexity index is 922. The van der Waals surface area contributed by atoms with Crippen LogP contribution in [0.4, 0.5) is 0 Å². The van der Waals surface area contributed by atoms with E-state index >= 15 is 0 Å². The van der Waals surface area contributed by atoms with Crippen LogP contribution in [0.2, 0.25) is 0 Å². The lowest BCUT2D eigenvalue weighted by atomic mass is 10.2. The molecule has 4 rings (SSSR count). The summed E-state index contributed by atoms with van der Waals surface area (Å²) >= 11 is 1.00. The zero-order chi connectivity index (χ0) is 15.1. The van der Waals surface area contributed by atoms with Crippen molar-refractivity contribution in [1.29, 1.82) is 0 Å². The number of para-hydroxylation sites is 1. The standard InChI is InChI=1S/C16H14N2O3S/c19-15(18-5-7-21-8-6-18)13-9-11-10-3-1-2-4-12(10)17-14(11)16(20)22-13/h1-4,9,17H,5-8H2. The predicted octanol–water partition coefficient (Wildman–Crippen LogP) is 2.22. The average molecular weight is 314 g/mol. The van der Waals surface area contributed by atoms with Crippen LogP contribution in [0.15, 0.2) is 35.1 Å². The molecule has 3 heterocycles. The molecule has 2 aromatic heterocycles. The lowest BCUT2D eigenvalue weighted by Gasteiger charge is -2.26. The summed E-state index contributed by atoms with van der Waals surface area (Å²) in [6.07, 6.45) is 0. The largest absolute Gasteiger partial charge is 0.378 e. The summed E-state index contributed by atoms with van der Waals surface area (Å²) in [5.41, 5.74) is 1.49. The van der Waals surface area contributed by atoms with E-state index in [2.05, 4.69) is 4.98 Å². The molecule has 1 fully saturated rings. The Hall–Kier alpha value is -2.18. The molecule has 5 nitrogen and oxygen atoms in total. The molecule has 0 unspecified atom stereocenters. The van der Waals surface area contributed by atoms with Gasteiger partial charge in [-0.05, 0) is 12.1 Å². The predicted molar refractivity (Wildman–Crippen MR) is 86.7 cm³/mol. The number of morpholine rings is 1. The fourth-order valence-corrected chi connectivity index (χ4v) is 3.67. The number of nitrogens with one attached hydrogen (secondary N) is 1. The summed E-state index contributed by atoms with van der Waals surface area (Å²) in [4.78, 5) is 30.3. The third-order valence-electron chi connectivity index (χ3n) is 3.94. The first-order valence-corrected chi connectivity index (χ1v) is 7.97. The Balaban J connectivity index is 1.86. The minimum atomic E-state index is -0.106. The van der Waals surface area contributed by atoms with E-state index in [4.69, 9.17) is 4.74 Å². The van der Waals surface area contributed by atoms with Crippen molar-refractivity contribution >= 4 is 39.0 Å². The number of hydrogen-bond acceptors (Lipinski definition) is 4. The highest BCUT2D eigenvalue weighted by atomic mass is 32.1. The normalized spacial score (nSPS) is 15.5. The van der Waals surface area contributed by atoms with Crippen LogP contribution >= 0.6 is 11.3 Å². The smallest absolute Gasteiger partial charge is 0.264 e. The van der Waals surface area contributed by atoms with Gasteiger partial charge in [-0.1, -0.05) is 29.5 Å². The van der Waals surface area contributed by atoms with E-state index in [9.17, 15) is 9.59 Å². The van der Waals surface area contributed by atoms with Crippen molar-refractivity contribution in [3.05, 3.63) is 44.7 Å². The van der Waals surface area contributed by atoms with Gasteiger partial charge < -0.3 is 14.6 Å². The minimum absolute atomic E-state index is 0.0856. The number of rotatable bonds is 1. The van der Waals surface area contributed by atoms with E-state index in [1.165, 1.54) is 0 Å². The number of amides is 1. The fourth-order valence-electron chi connectivity index (χ4n) is 2.81. The van der Waals surface area contributed by atoms with Crippen LogP contribution in [0.3, 0.4) is 0 Å². The molecule has 112 valence electrons. The molecule has 6 heteroatoms. The zero-order valence-electron chi connectivity index (χ0n) is 11.8. The number of ether oxygens (including phenoxy) is 1. The van der Waals surface area contributed by atoms with Crippen molar-refractivity contribution in [2.45, 2.75) is 0 Å². The molecule has 0 bridgehead atoms. The van der Waals surface area contributed by atoms with E-state index in [-0.39, 0.29) is 10.6 Å². The minimum Gasteiger partial charge on any atom is -0.378 e. The second-order valence-electron chi connectivity index (χ2n) is 5.26. The number of hydrogen-bond donors (Lipinski definition) is 1. The van der Waals surface area contributed by atoms with Crippen molar-refractivity contribution in [1.82, 2.24) is 9.88 Å². The fraction of sp³-hybridized carbons (Fsp3) is 0.250. The molecule has 0 atom stereocenters. The molecule has 1 saturated heterocycles. The van der Waals surface area contributed by atoms with Crippen molar-refractivity contribution in [3.8, 4) is 0 Å². The van der Waals surface area contributed by atoms with E-state index in [0.717, 1.165) is 27.6 Å². The molecule has 1 aliphatic heterocycles. The number of carbonyl (C=O) groups excluding carboxylic acids is 1. The molecule has 0 radical (unpaired) electrons. The number of carbonyl (C=O) groups is 1. The van der Waals surface area contributed by atoms with Gasteiger partial charge in [-0.15, -0.1) is 0 Å². The van der Waals surface area contributed by atoms with Crippen LogP contribution < -0.4 is 4.74 Å². The molecule has 1 amide bonds. The van der Waals surface area contributed by atoms with Gasteiger partial charge >= 0.3 is 0 Å². The molecule has 1 aromatic carbocycles. The maximum absolute atomic E-state index is 12.6. The molecule has 1 N–H and O–H groups in total. The van der Waals surface area contributed by atoms with Crippen molar-refractivity contribution in [3.63, 3.8) is 0 Å². The average Bonchev–Trinajstić information content (AvgIpc) is 2.94. The van der Waals surface area contributed by atoms with Crippen LogP contribution in [0.5, 0.6) is 0 Å². The van der Waals surface area contributed by atoms with Gasteiger partial charge in [0.05, 0.1) is 18.1 Å². The Morgan fingerprint density at radius 1 is 1.18 bits per heavy atom.